The molecular weight excluding hydrogens is 1190 g/mol. The van der Waals surface area contributed by atoms with E-state index >= 15 is 0 Å². The van der Waals surface area contributed by atoms with E-state index in [1.807, 2.05) is 78.9 Å². The average molecular weight is 1250 g/mol. The van der Waals surface area contributed by atoms with Gasteiger partial charge in [-0.05, 0) is 109 Å². The Bertz CT molecular complexity index is 5400. The molecule has 7 nitrogen and oxygen atoms in total. The van der Waals surface area contributed by atoms with Crippen LogP contribution in [0, 0.1) is 0 Å². The summed E-state index contributed by atoms with van der Waals surface area (Å²) in [4.78, 5) is 30.2. The lowest BCUT2D eigenvalue weighted by atomic mass is 9.67. The lowest BCUT2D eigenvalue weighted by Crippen LogP contribution is -2.28. The van der Waals surface area contributed by atoms with Crippen LogP contribution in [0.4, 0.5) is 0 Å². The first kappa shape index (κ1) is 58.7. The summed E-state index contributed by atoms with van der Waals surface area (Å²) in [7, 11) is 0. The van der Waals surface area contributed by atoms with E-state index < -0.39 is 5.41 Å². The third kappa shape index (κ3) is 11.0. The zero-order chi connectivity index (χ0) is 65.2. The monoisotopic (exact) mass is 1250 g/mol. The number of fused-ring (bicyclic) bond motifs is 6. The SMILES string of the molecule is c1ccc(-c2cccc(-c3nc(-c4cccc(-c5ccccc5)c4)nc(-c4cccc(-c5ccccc5)c4)n3)c2)cc1.c1ccc(-c2nc(-c3ccccc3)nc(-c3cccc(-n4c5ccccc5c5ccc(C6(c7ccccc7)c7ccccc7-c7ccccc76)cc54)c3)n2)cc1. The fourth-order valence-electron chi connectivity index (χ4n) is 14.1. The van der Waals surface area contributed by atoms with Crippen LogP contribution in [0.3, 0.4) is 0 Å². The summed E-state index contributed by atoms with van der Waals surface area (Å²) in [5, 5.41) is 2.41. The molecule has 0 bridgehead atoms. The van der Waals surface area contributed by atoms with Crippen molar-refractivity contribution in [2.45, 2.75) is 5.41 Å². The van der Waals surface area contributed by atoms with E-state index in [1.165, 1.54) is 44.2 Å². The van der Waals surface area contributed by atoms with E-state index in [1.54, 1.807) is 0 Å². The van der Waals surface area contributed by atoms with E-state index in [-0.39, 0.29) is 0 Å². The van der Waals surface area contributed by atoms with Gasteiger partial charge in [0.05, 0.1) is 16.4 Å². The van der Waals surface area contributed by atoms with Crippen molar-refractivity contribution in [3.8, 4) is 119 Å². The van der Waals surface area contributed by atoms with Crippen LogP contribution in [0.25, 0.3) is 140 Å². The van der Waals surface area contributed by atoms with Gasteiger partial charge in [0.25, 0.3) is 0 Å². The number of rotatable bonds is 12. The maximum absolute atomic E-state index is 5.07. The molecule has 0 atom stereocenters. The molecule has 1 aliphatic rings. The van der Waals surface area contributed by atoms with Gasteiger partial charge in [-0.3, -0.25) is 0 Å². The summed E-state index contributed by atoms with van der Waals surface area (Å²) in [5.74, 6) is 3.84. The predicted octanol–water partition coefficient (Wildman–Crippen LogP) is 22.2. The van der Waals surface area contributed by atoms with Crippen molar-refractivity contribution in [1.29, 1.82) is 0 Å². The molecule has 0 radical (unpaired) electrons. The number of hydrogen-bond acceptors (Lipinski definition) is 6. The summed E-state index contributed by atoms with van der Waals surface area (Å²) in [6.45, 7) is 0. The molecule has 0 saturated carbocycles. The van der Waals surface area contributed by atoms with Crippen molar-refractivity contribution in [2.75, 3.05) is 0 Å². The highest BCUT2D eigenvalue weighted by molar-refractivity contribution is 6.10. The molecule has 7 heteroatoms. The third-order valence-electron chi connectivity index (χ3n) is 18.6. The molecule has 3 heterocycles. The predicted molar refractivity (Wildman–Crippen MR) is 400 cm³/mol. The molecule has 3 aromatic heterocycles. The van der Waals surface area contributed by atoms with E-state index in [0.717, 1.165) is 83.5 Å². The summed E-state index contributed by atoms with van der Waals surface area (Å²) in [6, 6.07) is 130. The second-order valence-corrected chi connectivity index (χ2v) is 24.5. The van der Waals surface area contributed by atoms with Crippen LogP contribution in [0.15, 0.2) is 370 Å². The molecule has 460 valence electrons. The van der Waals surface area contributed by atoms with Crippen LogP contribution in [-0.4, -0.2) is 34.5 Å². The molecule has 0 spiro atoms. The molecule has 0 amide bonds. The van der Waals surface area contributed by atoms with Crippen LogP contribution < -0.4 is 0 Å². The van der Waals surface area contributed by atoms with Crippen LogP contribution in [0.1, 0.15) is 22.3 Å². The van der Waals surface area contributed by atoms with Crippen LogP contribution in [-0.2, 0) is 5.41 Å². The molecule has 1 aliphatic carbocycles. The highest BCUT2D eigenvalue weighted by Gasteiger charge is 2.46. The van der Waals surface area contributed by atoms with E-state index in [9.17, 15) is 0 Å². The Morgan fingerprint density at radius 2 is 0.510 bits per heavy atom. The number of nitrogens with zero attached hydrogens (tertiary/aromatic N) is 7. The first-order chi connectivity index (χ1) is 48.6. The highest BCUT2D eigenvalue weighted by Crippen LogP contribution is 2.56. The summed E-state index contributed by atoms with van der Waals surface area (Å²) in [6.07, 6.45) is 0. The minimum atomic E-state index is -0.502. The summed E-state index contributed by atoms with van der Waals surface area (Å²) in [5.41, 5.74) is 22.9. The van der Waals surface area contributed by atoms with Crippen molar-refractivity contribution in [2.24, 2.45) is 0 Å². The minimum Gasteiger partial charge on any atom is -0.309 e. The zero-order valence-corrected chi connectivity index (χ0v) is 53.3. The molecule has 17 aromatic rings. The van der Waals surface area contributed by atoms with Gasteiger partial charge in [-0.1, -0.05) is 328 Å². The van der Waals surface area contributed by atoms with Gasteiger partial charge in [0.1, 0.15) is 0 Å². The van der Waals surface area contributed by atoms with Crippen LogP contribution >= 0.6 is 0 Å². The van der Waals surface area contributed by atoms with Crippen molar-refractivity contribution < 1.29 is 0 Å². The Morgan fingerprint density at radius 3 is 0.949 bits per heavy atom. The van der Waals surface area contributed by atoms with Gasteiger partial charge in [0.2, 0.25) is 0 Å². The smallest absolute Gasteiger partial charge is 0.164 e. The van der Waals surface area contributed by atoms with Gasteiger partial charge in [0, 0.05) is 49.8 Å². The molecule has 0 unspecified atom stereocenters. The molecule has 0 fully saturated rings. The molecule has 0 aliphatic heterocycles. The van der Waals surface area contributed by atoms with E-state index in [0.29, 0.717) is 34.9 Å². The maximum Gasteiger partial charge on any atom is 0.164 e. The Hall–Kier alpha value is -13.1. The Balaban J connectivity index is 0.000000154. The first-order valence-corrected chi connectivity index (χ1v) is 33.1. The topological polar surface area (TPSA) is 82.3 Å². The van der Waals surface area contributed by atoms with E-state index in [2.05, 4.69) is 296 Å². The van der Waals surface area contributed by atoms with Crippen molar-refractivity contribution in [1.82, 2.24) is 34.5 Å². The molecule has 98 heavy (non-hydrogen) atoms. The largest absolute Gasteiger partial charge is 0.309 e. The van der Waals surface area contributed by atoms with Crippen LogP contribution in [0.5, 0.6) is 0 Å². The molecule has 0 saturated heterocycles. The van der Waals surface area contributed by atoms with Crippen molar-refractivity contribution in [3.05, 3.63) is 392 Å². The quantitative estimate of drug-likeness (QED) is 0.121. The van der Waals surface area contributed by atoms with Crippen molar-refractivity contribution in [3.63, 3.8) is 0 Å². The van der Waals surface area contributed by atoms with Gasteiger partial charge >= 0.3 is 0 Å². The molecular formula is C91H61N7. The van der Waals surface area contributed by atoms with Gasteiger partial charge in [0.15, 0.2) is 34.9 Å². The molecule has 0 N–H and O–H groups in total. The lowest BCUT2D eigenvalue weighted by molar-refractivity contribution is 0.769. The van der Waals surface area contributed by atoms with Crippen LogP contribution in [0.2, 0.25) is 0 Å². The third-order valence-corrected chi connectivity index (χ3v) is 18.6. The van der Waals surface area contributed by atoms with Crippen molar-refractivity contribution >= 4 is 21.8 Å². The number of hydrogen-bond donors (Lipinski definition) is 0. The van der Waals surface area contributed by atoms with Gasteiger partial charge < -0.3 is 4.57 Å². The second-order valence-electron chi connectivity index (χ2n) is 24.5. The average Bonchev–Trinajstić information content (AvgIpc) is 1.52. The standard InChI is InChI=1S/C52H34N4.C39H27N3/c1-4-17-35(18-5-1)49-53-50(36-19-6-2-7-20-36)55-51(54-49)37-21-16-24-40(33-37)56-47-30-15-12-27-43(47)44-32-31-39(34-48(44)56)52(38-22-8-3-9-23-38)45-28-13-10-25-41(45)42-26-11-14-29-46(42)52;1-4-13-28(14-5-1)31-19-10-22-34(25-31)37-40-38(35-23-11-20-32(26-35)29-15-6-2-7-16-29)42-39(41-37)36-24-12-21-33(27-36)30-17-8-3-9-18-30/h1-34H;1-27H. The lowest BCUT2D eigenvalue weighted by Gasteiger charge is -2.34. The Morgan fingerprint density at radius 1 is 0.194 bits per heavy atom. The molecule has 18 rings (SSSR count). The fraction of sp³-hybridized carbons (Fsp3) is 0.0110. The number of aromatic nitrogens is 7. The fourth-order valence-corrected chi connectivity index (χ4v) is 14.1. The zero-order valence-electron chi connectivity index (χ0n) is 53.3. The maximum atomic E-state index is 5.07. The number of para-hydroxylation sites is 1. The summed E-state index contributed by atoms with van der Waals surface area (Å²) < 4.78 is 2.40. The number of benzene rings is 14. The van der Waals surface area contributed by atoms with E-state index in [4.69, 9.17) is 29.9 Å². The highest BCUT2D eigenvalue weighted by atomic mass is 15.0. The molecule has 14 aromatic carbocycles. The van der Waals surface area contributed by atoms with Gasteiger partial charge in [-0.15, -0.1) is 0 Å². The van der Waals surface area contributed by atoms with Gasteiger partial charge in [-0.2, -0.15) is 0 Å². The Kier molecular flexibility index (Phi) is 15.4. The Labute approximate surface area is 569 Å². The second kappa shape index (κ2) is 25.7. The first-order valence-electron chi connectivity index (χ1n) is 33.1. The summed E-state index contributed by atoms with van der Waals surface area (Å²) >= 11 is 0. The normalized spacial score (nSPS) is 12.0. The van der Waals surface area contributed by atoms with Gasteiger partial charge in [-0.25, -0.2) is 29.9 Å². The minimum absolute atomic E-state index is 0.502.